The Labute approximate surface area is 111 Å². The van der Waals surface area contributed by atoms with Crippen LogP contribution in [0.4, 0.5) is 0 Å². The minimum absolute atomic E-state index is 0.190. The molecule has 1 aromatic heterocycles. The second-order valence-electron chi connectivity index (χ2n) is 4.98. The molecule has 17 heavy (non-hydrogen) atoms. The second kappa shape index (κ2) is 5.36. The smallest absolute Gasteiger partial charge is 0.0784 e. The minimum atomic E-state index is 0.190. The molecule has 0 aliphatic heterocycles. The first-order chi connectivity index (χ1) is 8.09. The maximum atomic E-state index is 6.09. The fourth-order valence-electron chi connectivity index (χ4n) is 2.35. The van der Waals surface area contributed by atoms with Crippen LogP contribution in [-0.4, -0.2) is 15.8 Å². The molecule has 94 valence electrons. The van der Waals surface area contributed by atoms with E-state index in [9.17, 15) is 0 Å². The summed E-state index contributed by atoms with van der Waals surface area (Å²) in [4.78, 5) is 0. The van der Waals surface area contributed by atoms with Gasteiger partial charge in [0.1, 0.15) is 0 Å². The topological polar surface area (TPSA) is 43.8 Å². The molecule has 0 fully saturated rings. The summed E-state index contributed by atoms with van der Waals surface area (Å²) in [6.45, 7) is 4.31. The Hall–Kier alpha value is -0.610. The number of aromatic nitrogens is 2. The Morgan fingerprint density at radius 3 is 2.94 bits per heavy atom. The van der Waals surface area contributed by atoms with Gasteiger partial charge in [0.2, 0.25) is 0 Å². The summed E-state index contributed by atoms with van der Waals surface area (Å²) >= 11 is 3.60. The molecule has 1 aromatic rings. The molecule has 1 heterocycles. The minimum Gasteiger partial charge on any atom is -0.324 e. The molecule has 0 radical (unpaired) electrons. The number of halogens is 1. The summed E-state index contributed by atoms with van der Waals surface area (Å²) in [5, 5.41) is 4.43. The highest BCUT2D eigenvalue weighted by Crippen LogP contribution is 2.32. The van der Waals surface area contributed by atoms with Gasteiger partial charge in [-0.1, -0.05) is 12.5 Å². The predicted octanol–water partition coefficient (Wildman–Crippen LogP) is 3.51. The molecule has 4 heteroatoms. The van der Waals surface area contributed by atoms with E-state index in [-0.39, 0.29) is 6.04 Å². The van der Waals surface area contributed by atoms with Crippen molar-refractivity contribution >= 4 is 21.5 Å². The lowest BCUT2D eigenvalue weighted by molar-refractivity contribution is 0.525. The van der Waals surface area contributed by atoms with Crippen LogP contribution in [-0.2, 0) is 0 Å². The van der Waals surface area contributed by atoms with Crippen LogP contribution >= 0.6 is 15.9 Å². The third-order valence-electron chi connectivity index (χ3n) is 3.19. The zero-order valence-corrected chi connectivity index (χ0v) is 12.1. The summed E-state index contributed by atoms with van der Waals surface area (Å²) in [7, 11) is 0. The lowest BCUT2D eigenvalue weighted by Gasteiger charge is -2.14. The average molecular weight is 298 g/mol. The first-order valence-electron chi connectivity index (χ1n) is 6.29. The molecule has 3 nitrogen and oxygen atoms in total. The van der Waals surface area contributed by atoms with Gasteiger partial charge in [-0.3, -0.25) is 4.68 Å². The largest absolute Gasteiger partial charge is 0.324 e. The fourth-order valence-corrected chi connectivity index (χ4v) is 2.88. The SMILES string of the molecule is CC(C)n1ncc(Br)c1C1=CC(N)CCCC1. The van der Waals surface area contributed by atoms with Crippen molar-refractivity contribution in [2.24, 2.45) is 5.73 Å². The van der Waals surface area contributed by atoms with Gasteiger partial charge >= 0.3 is 0 Å². The molecule has 1 unspecified atom stereocenters. The first kappa shape index (κ1) is 12.8. The van der Waals surface area contributed by atoms with Crippen molar-refractivity contribution in [3.63, 3.8) is 0 Å². The molecule has 1 atom stereocenters. The standard InChI is InChI=1S/C13H20BrN3/c1-9(2)17-13(12(14)8-16-17)10-5-3-4-6-11(15)7-10/h7-9,11H,3-6,15H2,1-2H3. The Balaban J connectivity index is 2.41. The van der Waals surface area contributed by atoms with E-state index in [1.807, 2.05) is 6.20 Å². The second-order valence-corrected chi connectivity index (χ2v) is 5.84. The van der Waals surface area contributed by atoms with Gasteiger partial charge in [-0.05, 0) is 54.6 Å². The van der Waals surface area contributed by atoms with Crippen molar-refractivity contribution in [3.8, 4) is 0 Å². The summed E-state index contributed by atoms with van der Waals surface area (Å²) in [6.07, 6.45) is 8.73. The van der Waals surface area contributed by atoms with E-state index in [4.69, 9.17) is 5.73 Å². The lowest BCUT2D eigenvalue weighted by atomic mass is 10.1. The first-order valence-corrected chi connectivity index (χ1v) is 7.08. The number of nitrogens with two attached hydrogens (primary N) is 1. The highest BCUT2D eigenvalue weighted by Gasteiger charge is 2.18. The van der Waals surface area contributed by atoms with Gasteiger partial charge in [0.15, 0.2) is 0 Å². The maximum Gasteiger partial charge on any atom is 0.0784 e. The number of hydrogen-bond acceptors (Lipinski definition) is 2. The Morgan fingerprint density at radius 1 is 1.47 bits per heavy atom. The van der Waals surface area contributed by atoms with Crippen molar-refractivity contribution in [1.82, 2.24) is 9.78 Å². The van der Waals surface area contributed by atoms with Crippen molar-refractivity contribution in [1.29, 1.82) is 0 Å². The van der Waals surface area contributed by atoms with E-state index in [0.717, 1.165) is 17.3 Å². The van der Waals surface area contributed by atoms with Gasteiger partial charge in [0, 0.05) is 12.1 Å². The number of allylic oxidation sites excluding steroid dienone is 1. The van der Waals surface area contributed by atoms with Crippen molar-refractivity contribution in [2.75, 3.05) is 0 Å². The normalized spacial score (nSPS) is 21.5. The summed E-state index contributed by atoms with van der Waals surface area (Å²) < 4.78 is 3.15. The lowest BCUT2D eigenvalue weighted by Crippen LogP contribution is -2.16. The van der Waals surface area contributed by atoms with Crippen LogP contribution in [0.3, 0.4) is 0 Å². The van der Waals surface area contributed by atoms with Crippen LogP contribution in [0, 0.1) is 0 Å². The van der Waals surface area contributed by atoms with Crippen molar-refractivity contribution in [2.45, 2.75) is 51.6 Å². The molecule has 1 aliphatic carbocycles. The number of nitrogens with zero attached hydrogens (tertiary/aromatic N) is 2. The van der Waals surface area contributed by atoms with Gasteiger partial charge in [-0.25, -0.2) is 0 Å². The van der Waals surface area contributed by atoms with E-state index in [1.54, 1.807) is 0 Å². The van der Waals surface area contributed by atoms with Crippen molar-refractivity contribution < 1.29 is 0 Å². The Morgan fingerprint density at radius 2 is 2.24 bits per heavy atom. The molecule has 0 bridgehead atoms. The number of hydrogen-bond donors (Lipinski definition) is 1. The molecule has 0 saturated heterocycles. The van der Waals surface area contributed by atoms with Crippen molar-refractivity contribution in [3.05, 3.63) is 22.4 Å². The van der Waals surface area contributed by atoms with Gasteiger partial charge < -0.3 is 5.73 Å². The van der Waals surface area contributed by atoms with E-state index in [0.29, 0.717) is 6.04 Å². The predicted molar refractivity (Wildman–Crippen MR) is 74.7 cm³/mol. The van der Waals surface area contributed by atoms with Crippen LogP contribution in [0.25, 0.3) is 5.57 Å². The molecule has 1 aliphatic rings. The highest BCUT2D eigenvalue weighted by atomic mass is 79.9. The molecule has 0 aromatic carbocycles. The van der Waals surface area contributed by atoms with Gasteiger partial charge in [-0.15, -0.1) is 0 Å². The van der Waals surface area contributed by atoms with Gasteiger partial charge in [0.05, 0.1) is 16.4 Å². The molecule has 2 N–H and O–H groups in total. The molecule has 0 amide bonds. The van der Waals surface area contributed by atoms with Gasteiger partial charge in [-0.2, -0.15) is 5.10 Å². The highest BCUT2D eigenvalue weighted by molar-refractivity contribution is 9.10. The van der Waals surface area contributed by atoms with E-state index >= 15 is 0 Å². The molecule has 0 saturated carbocycles. The van der Waals surface area contributed by atoms with Crippen LogP contribution in [0.2, 0.25) is 0 Å². The third-order valence-corrected chi connectivity index (χ3v) is 3.77. The van der Waals surface area contributed by atoms with Crippen LogP contribution in [0.1, 0.15) is 51.3 Å². The molecular weight excluding hydrogens is 278 g/mol. The van der Waals surface area contributed by atoms with Gasteiger partial charge in [0.25, 0.3) is 0 Å². The maximum absolute atomic E-state index is 6.09. The van der Waals surface area contributed by atoms with Crippen LogP contribution in [0.5, 0.6) is 0 Å². The quantitative estimate of drug-likeness (QED) is 0.908. The molecular formula is C13H20BrN3. The van der Waals surface area contributed by atoms with E-state index in [1.165, 1.54) is 24.1 Å². The molecule has 0 spiro atoms. The average Bonchev–Trinajstić information content (AvgIpc) is 2.52. The zero-order valence-electron chi connectivity index (χ0n) is 10.5. The summed E-state index contributed by atoms with van der Waals surface area (Å²) in [5.41, 5.74) is 8.63. The van der Waals surface area contributed by atoms with E-state index < -0.39 is 0 Å². The Kier molecular flexibility index (Phi) is 4.05. The van der Waals surface area contributed by atoms with Crippen LogP contribution in [0.15, 0.2) is 16.7 Å². The number of rotatable bonds is 2. The third kappa shape index (κ3) is 2.80. The monoisotopic (exact) mass is 297 g/mol. The van der Waals surface area contributed by atoms with E-state index in [2.05, 4.69) is 45.6 Å². The fraction of sp³-hybridized carbons (Fsp3) is 0.615. The van der Waals surface area contributed by atoms with Crippen LogP contribution < -0.4 is 5.73 Å². The Bertz CT molecular complexity index is 420. The zero-order chi connectivity index (χ0) is 12.4. The summed E-state index contributed by atoms with van der Waals surface area (Å²) in [5.74, 6) is 0. The molecule has 2 rings (SSSR count). The summed E-state index contributed by atoms with van der Waals surface area (Å²) in [6, 6.07) is 0.562.